The first-order chi connectivity index (χ1) is 8.99. The zero-order valence-corrected chi connectivity index (χ0v) is 11.1. The third-order valence-electron chi connectivity index (χ3n) is 2.71. The quantitative estimate of drug-likeness (QED) is 0.914. The number of carbonyl (C=O) groups is 1. The molecule has 2 aromatic rings. The number of aromatic carboxylic acids is 1. The lowest BCUT2D eigenvalue weighted by atomic mass is 10.1. The zero-order valence-electron chi connectivity index (χ0n) is 11.1. The summed E-state index contributed by atoms with van der Waals surface area (Å²) in [5.41, 5.74) is 2.19. The molecule has 0 fully saturated rings. The molecule has 0 aliphatic heterocycles. The number of rotatable bonds is 3. The minimum absolute atomic E-state index is 0.0117. The summed E-state index contributed by atoms with van der Waals surface area (Å²) >= 11 is 0. The molecule has 0 bridgehead atoms. The molecule has 98 valence electrons. The Kier molecular flexibility index (Phi) is 3.55. The van der Waals surface area contributed by atoms with Crippen LogP contribution >= 0.6 is 0 Å². The van der Waals surface area contributed by atoms with Gasteiger partial charge in [0.25, 0.3) is 0 Å². The van der Waals surface area contributed by atoms with Crippen LogP contribution in [0.25, 0.3) is 11.5 Å². The number of hydrogen-bond acceptors (Lipinski definition) is 4. The summed E-state index contributed by atoms with van der Waals surface area (Å²) in [5.74, 6) is -0.539. The van der Waals surface area contributed by atoms with Gasteiger partial charge in [0, 0.05) is 11.9 Å². The van der Waals surface area contributed by atoms with E-state index < -0.39 is 5.97 Å². The molecular formula is C14H15N3O2. The summed E-state index contributed by atoms with van der Waals surface area (Å²) < 4.78 is 0. The molecule has 0 aliphatic carbocycles. The maximum absolute atomic E-state index is 11.1. The Morgan fingerprint density at radius 1 is 1.26 bits per heavy atom. The van der Waals surface area contributed by atoms with Crippen LogP contribution in [-0.4, -0.2) is 26.0 Å². The molecule has 0 saturated heterocycles. The minimum atomic E-state index is -1.01. The summed E-state index contributed by atoms with van der Waals surface area (Å²) in [6, 6.07) is 5.58. The molecule has 5 nitrogen and oxygen atoms in total. The number of nitrogens with zero attached hydrogens (tertiary/aromatic N) is 3. The Hall–Kier alpha value is -2.30. The van der Waals surface area contributed by atoms with Gasteiger partial charge in [-0.1, -0.05) is 19.9 Å². The van der Waals surface area contributed by atoms with Gasteiger partial charge in [-0.05, 0) is 25.0 Å². The van der Waals surface area contributed by atoms with E-state index in [0.29, 0.717) is 17.2 Å². The smallest absolute Gasteiger partial charge is 0.339 e. The number of aromatic nitrogens is 3. The number of carboxylic acids is 1. The highest BCUT2D eigenvalue weighted by atomic mass is 16.4. The van der Waals surface area contributed by atoms with Crippen molar-refractivity contribution in [1.29, 1.82) is 0 Å². The lowest BCUT2D eigenvalue weighted by molar-refractivity contribution is 0.0694. The van der Waals surface area contributed by atoms with E-state index in [2.05, 4.69) is 15.0 Å². The van der Waals surface area contributed by atoms with Gasteiger partial charge in [0.05, 0.1) is 11.3 Å². The molecule has 2 rings (SSSR count). The molecule has 0 unspecified atom stereocenters. The predicted molar refractivity (Wildman–Crippen MR) is 71.0 cm³/mol. The van der Waals surface area contributed by atoms with Gasteiger partial charge in [-0.3, -0.25) is 0 Å². The van der Waals surface area contributed by atoms with Crippen LogP contribution in [0.15, 0.2) is 24.4 Å². The second kappa shape index (κ2) is 5.14. The van der Waals surface area contributed by atoms with E-state index in [1.807, 2.05) is 39.0 Å². The molecule has 2 heterocycles. The highest BCUT2D eigenvalue weighted by Crippen LogP contribution is 2.20. The van der Waals surface area contributed by atoms with Gasteiger partial charge >= 0.3 is 5.97 Å². The van der Waals surface area contributed by atoms with Gasteiger partial charge in [0.2, 0.25) is 0 Å². The average Bonchev–Trinajstić information content (AvgIpc) is 2.37. The van der Waals surface area contributed by atoms with Crippen LogP contribution in [0.3, 0.4) is 0 Å². The van der Waals surface area contributed by atoms with E-state index in [4.69, 9.17) is 5.11 Å². The minimum Gasteiger partial charge on any atom is -0.478 e. The molecule has 2 aromatic heterocycles. The van der Waals surface area contributed by atoms with Crippen LogP contribution < -0.4 is 0 Å². The summed E-state index contributed by atoms with van der Waals surface area (Å²) in [6.45, 7) is 5.70. The van der Waals surface area contributed by atoms with Crippen LogP contribution in [-0.2, 0) is 0 Å². The average molecular weight is 257 g/mol. The Morgan fingerprint density at radius 2 is 2.00 bits per heavy atom. The van der Waals surface area contributed by atoms with Gasteiger partial charge in [0.1, 0.15) is 5.69 Å². The Balaban J connectivity index is 2.55. The van der Waals surface area contributed by atoms with Crippen molar-refractivity contribution in [3.05, 3.63) is 41.3 Å². The Morgan fingerprint density at radius 3 is 2.58 bits per heavy atom. The molecule has 0 amide bonds. The predicted octanol–water partition coefficient (Wildman–Crippen LogP) is 2.67. The van der Waals surface area contributed by atoms with Crippen molar-refractivity contribution in [2.24, 2.45) is 0 Å². The van der Waals surface area contributed by atoms with Crippen LogP contribution in [0.1, 0.15) is 41.5 Å². The van der Waals surface area contributed by atoms with Crippen molar-refractivity contribution < 1.29 is 9.90 Å². The van der Waals surface area contributed by atoms with Gasteiger partial charge in [0.15, 0.2) is 5.82 Å². The molecule has 0 aliphatic rings. The van der Waals surface area contributed by atoms with Gasteiger partial charge < -0.3 is 5.11 Å². The standard InChI is InChI=1S/C14H15N3O2/c1-8(2)12-10(14(18)19)7-15-13(17-12)11-6-4-5-9(3)16-11/h4-8H,1-3H3,(H,18,19). The second-order valence-corrected chi connectivity index (χ2v) is 4.62. The van der Waals surface area contributed by atoms with Crippen molar-refractivity contribution >= 4 is 5.97 Å². The monoisotopic (exact) mass is 257 g/mol. The van der Waals surface area contributed by atoms with Crippen LogP contribution in [0.5, 0.6) is 0 Å². The topological polar surface area (TPSA) is 76.0 Å². The van der Waals surface area contributed by atoms with Crippen molar-refractivity contribution in [3.8, 4) is 11.5 Å². The highest BCUT2D eigenvalue weighted by molar-refractivity contribution is 5.88. The SMILES string of the molecule is Cc1cccc(-c2ncc(C(=O)O)c(C(C)C)n2)n1. The van der Waals surface area contributed by atoms with E-state index in [9.17, 15) is 4.79 Å². The van der Waals surface area contributed by atoms with Crippen LogP contribution in [0.2, 0.25) is 0 Å². The van der Waals surface area contributed by atoms with E-state index in [-0.39, 0.29) is 11.5 Å². The lowest BCUT2D eigenvalue weighted by Gasteiger charge is -2.10. The van der Waals surface area contributed by atoms with Crippen molar-refractivity contribution in [2.45, 2.75) is 26.7 Å². The van der Waals surface area contributed by atoms with Crippen LogP contribution in [0.4, 0.5) is 0 Å². The number of hydrogen-bond donors (Lipinski definition) is 1. The number of pyridine rings is 1. The Bertz CT molecular complexity index is 624. The fourth-order valence-electron chi connectivity index (χ4n) is 1.79. The molecule has 1 N–H and O–H groups in total. The molecule has 0 spiro atoms. The van der Waals surface area contributed by atoms with Gasteiger partial charge in [-0.15, -0.1) is 0 Å². The highest BCUT2D eigenvalue weighted by Gasteiger charge is 2.17. The van der Waals surface area contributed by atoms with Crippen molar-refractivity contribution in [1.82, 2.24) is 15.0 Å². The first-order valence-corrected chi connectivity index (χ1v) is 6.03. The van der Waals surface area contributed by atoms with E-state index in [0.717, 1.165) is 5.69 Å². The second-order valence-electron chi connectivity index (χ2n) is 4.62. The summed E-state index contributed by atoms with van der Waals surface area (Å²) in [4.78, 5) is 23.9. The molecule has 0 radical (unpaired) electrons. The summed E-state index contributed by atoms with van der Waals surface area (Å²) in [5, 5.41) is 9.12. The molecule has 0 saturated carbocycles. The maximum atomic E-state index is 11.1. The van der Waals surface area contributed by atoms with Crippen LogP contribution in [0, 0.1) is 6.92 Å². The molecule has 0 aromatic carbocycles. The first kappa shape index (κ1) is 13.1. The molecule has 0 atom stereocenters. The molecule has 5 heteroatoms. The van der Waals surface area contributed by atoms with Gasteiger partial charge in [-0.2, -0.15) is 0 Å². The fourth-order valence-corrected chi connectivity index (χ4v) is 1.79. The van der Waals surface area contributed by atoms with Crippen molar-refractivity contribution in [2.75, 3.05) is 0 Å². The normalized spacial score (nSPS) is 10.7. The molecular weight excluding hydrogens is 242 g/mol. The van der Waals surface area contributed by atoms with E-state index in [1.165, 1.54) is 6.20 Å². The number of carboxylic acid groups (broad SMARTS) is 1. The van der Waals surface area contributed by atoms with E-state index in [1.54, 1.807) is 0 Å². The van der Waals surface area contributed by atoms with E-state index >= 15 is 0 Å². The number of aryl methyl sites for hydroxylation is 1. The summed E-state index contributed by atoms with van der Waals surface area (Å²) in [7, 11) is 0. The third-order valence-corrected chi connectivity index (χ3v) is 2.71. The third kappa shape index (κ3) is 2.76. The lowest BCUT2D eigenvalue weighted by Crippen LogP contribution is -2.09. The first-order valence-electron chi connectivity index (χ1n) is 6.03. The molecule has 19 heavy (non-hydrogen) atoms. The zero-order chi connectivity index (χ0) is 14.0. The fraction of sp³-hybridized carbons (Fsp3) is 0.286. The van der Waals surface area contributed by atoms with Gasteiger partial charge in [-0.25, -0.2) is 19.7 Å². The van der Waals surface area contributed by atoms with Crippen molar-refractivity contribution in [3.63, 3.8) is 0 Å². The Labute approximate surface area is 111 Å². The summed E-state index contributed by atoms with van der Waals surface area (Å²) in [6.07, 6.45) is 1.35. The maximum Gasteiger partial charge on any atom is 0.339 e. The largest absolute Gasteiger partial charge is 0.478 e.